The molecule has 1 fully saturated rings. The molecule has 2 heterocycles. The van der Waals surface area contributed by atoms with Crippen molar-refractivity contribution in [1.82, 2.24) is 19.7 Å². The van der Waals surface area contributed by atoms with Crippen molar-refractivity contribution in [2.24, 2.45) is 0 Å². The normalized spacial score (nSPS) is 15.7. The fourth-order valence-corrected chi connectivity index (χ4v) is 3.13. The van der Waals surface area contributed by atoms with E-state index in [0.29, 0.717) is 11.4 Å². The van der Waals surface area contributed by atoms with Gasteiger partial charge in [-0.25, -0.2) is 8.42 Å². The van der Waals surface area contributed by atoms with Gasteiger partial charge in [0.05, 0.1) is 0 Å². The van der Waals surface area contributed by atoms with Gasteiger partial charge in [0.2, 0.25) is 0 Å². The third kappa shape index (κ3) is 2.52. The van der Waals surface area contributed by atoms with E-state index in [4.69, 9.17) is 10.7 Å². The molecule has 19 heavy (non-hydrogen) atoms. The van der Waals surface area contributed by atoms with Crippen LogP contribution in [0.15, 0.2) is 28.1 Å². The Morgan fingerprint density at radius 3 is 2.63 bits per heavy atom. The molecule has 6 nitrogen and oxygen atoms in total. The minimum Gasteiger partial charge on any atom is -0.294 e. The van der Waals surface area contributed by atoms with Crippen LogP contribution in [0.5, 0.6) is 0 Å². The topological polar surface area (TPSA) is 77.7 Å². The van der Waals surface area contributed by atoms with E-state index in [1.165, 1.54) is 0 Å². The predicted molar refractivity (Wildman–Crippen MR) is 72.3 cm³/mol. The number of hydrogen-bond donors (Lipinski definition) is 0. The summed E-state index contributed by atoms with van der Waals surface area (Å²) in [5, 5.41) is 7.45. The van der Waals surface area contributed by atoms with Crippen molar-refractivity contribution >= 4 is 35.7 Å². The second kappa shape index (κ2) is 4.53. The number of pyridine rings is 1. The zero-order chi connectivity index (χ0) is 13.6. The molecule has 2 aromatic heterocycles. The minimum atomic E-state index is -3.91. The second-order valence-electron chi connectivity index (χ2n) is 4.24. The first-order valence-electron chi connectivity index (χ1n) is 5.47. The lowest BCUT2D eigenvalue weighted by Gasteiger charge is -2.06. The highest BCUT2D eigenvalue weighted by Gasteiger charge is 2.34. The van der Waals surface area contributed by atoms with Crippen molar-refractivity contribution in [1.29, 1.82) is 0 Å². The summed E-state index contributed by atoms with van der Waals surface area (Å²) in [5.74, 6) is 0.468. The van der Waals surface area contributed by atoms with Crippen molar-refractivity contribution in [3.63, 3.8) is 0 Å². The molecule has 0 N–H and O–H groups in total. The molecule has 1 saturated carbocycles. The molecule has 3 rings (SSSR count). The van der Waals surface area contributed by atoms with Gasteiger partial charge in [-0.15, -0.1) is 10.2 Å². The Balaban J connectivity index is 2.20. The molecule has 0 aliphatic heterocycles. The highest BCUT2D eigenvalue weighted by Crippen LogP contribution is 2.40. The molecule has 1 aliphatic carbocycles. The van der Waals surface area contributed by atoms with E-state index in [1.54, 1.807) is 23.0 Å². The Morgan fingerprint density at radius 1 is 1.32 bits per heavy atom. The van der Waals surface area contributed by atoms with Gasteiger partial charge in [0, 0.05) is 39.2 Å². The molecule has 0 saturated heterocycles. The van der Waals surface area contributed by atoms with Crippen molar-refractivity contribution in [2.75, 3.05) is 0 Å². The van der Waals surface area contributed by atoms with Gasteiger partial charge in [0.1, 0.15) is 0 Å². The number of hydrogen-bond acceptors (Lipinski definition) is 5. The van der Waals surface area contributed by atoms with Crippen LogP contribution in [0.25, 0.3) is 11.4 Å². The molecular formula is C10H8BrClN4O2S. The zero-order valence-electron chi connectivity index (χ0n) is 9.49. The highest BCUT2D eigenvalue weighted by atomic mass is 79.9. The Bertz CT molecular complexity index is 742. The predicted octanol–water partition coefficient (Wildman–Crippen LogP) is 2.37. The summed E-state index contributed by atoms with van der Waals surface area (Å²) in [6.45, 7) is 0. The van der Waals surface area contributed by atoms with Crippen molar-refractivity contribution in [3.8, 4) is 11.4 Å². The van der Waals surface area contributed by atoms with Crippen LogP contribution in [0.4, 0.5) is 0 Å². The summed E-state index contributed by atoms with van der Waals surface area (Å²) in [6, 6.07) is 1.90. The molecule has 0 amide bonds. The number of halogens is 2. The van der Waals surface area contributed by atoms with Gasteiger partial charge >= 0.3 is 0 Å². The van der Waals surface area contributed by atoms with Gasteiger partial charge in [-0.05, 0) is 34.8 Å². The lowest BCUT2D eigenvalue weighted by atomic mass is 10.3. The molecule has 0 unspecified atom stereocenters. The Kier molecular flexibility index (Phi) is 3.11. The number of nitrogens with zero attached hydrogens (tertiary/aromatic N) is 4. The standard InChI is InChI=1S/C10H8BrClN4O2S/c11-7-3-6(4-13-5-7)9-14-15-10(19(12,17)18)16(9)8-1-2-8/h3-5,8H,1-2H2. The zero-order valence-corrected chi connectivity index (χ0v) is 12.7. The van der Waals surface area contributed by atoms with Crippen LogP contribution >= 0.6 is 26.6 Å². The first kappa shape index (κ1) is 13.0. The number of aromatic nitrogens is 4. The molecule has 2 aromatic rings. The summed E-state index contributed by atoms with van der Waals surface area (Å²) in [7, 11) is 1.49. The molecule has 0 spiro atoms. The van der Waals surface area contributed by atoms with Crippen molar-refractivity contribution < 1.29 is 8.42 Å². The highest BCUT2D eigenvalue weighted by molar-refractivity contribution is 9.10. The second-order valence-corrected chi connectivity index (χ2v) is 7.61. The van der Waals surface area contributed by atoms with E-state index in [2.05, 4.69) is 31.1 Å². The van der Waals surface area contributed by atoms with Crippen molar-refractivity contribution in [2.45, 2.75) is 24.0 Å². The van der Waals surface area contributed by atoms with E-state index >= 15 is 0 Å². The fourth-order valence-electron chi connectivity index (χ4n) is 1.84. The first-order chi connectivity index (χ1) is 8.97. The van der Waals surface area contributed by atoms with Gasteiger partial charge in [-0.2, -0.15) is 0 Å². The molecule has 0 aromatic carbocycles. The van der Waals surface area contributed by atoms with Gasteiger partial charge in [-0.1, -0.05) is 0 Å². The summed E-state index contributed by atoms with van der Waals surface area (Å²) < 4.78 is 25.4. The molecular weight excluding hydrogens is 356 g/mol. The van der Waals surface area contributed by atoms with E-state index in [1.807, 2.05) is 0 Å². The molecule has 1 aliphatic rings. The van der Waals surface area contributed by atoms with Crippen LogP contribution < -0.4 is 0 Å². The van der Waals surface area contributed by atoms with Crippen LogP contribution in [-0.4, -0.2) is 28.2 Å². The smallest absolute Gasteiger partial charge is 0.294 e. The maximum absolute atomic E-state index is 11.5. The van der Waals surface area contributed by atoms with Gasteiger partial charge in [0.25, 0.3) is 14.2 Å². The molecule has 9 heteroatoms. The largest absolute Gasteiger partial charge is 0.296 e. The van der Waals surface area contributed by atoms with Crippen LogP contribution in [0.1, 0.15) is 18.9 Å². The minimum absolute atomic E-state index is 0.0903. The van der Waals surface area contributed by atoms with E-state index < -0.39 is 9.05 Å². The van der Waals surface area contributed by atoms with Crippen LogP contribution in [-0.2, 0) is 9.05 Å². The van der Waals surface area contributed by atoms with Crippen molar-refractivity contribution in [3.05, 3.63) is 22.9 Å². The fraction of sp³-hybridized carbons (Fsp3) is 0.300. The summed E-state index contributed by atoms with van der Waals surface area (Å²) in [6.07, 6.45) is 5.04. The Labute approximate surface area is 122 Å². The third-order valence-corrected chi connectivity index (χ3v) is 4.32. The lowest BCUT2D eigenvalue weighted by molar-refractivity contribution is 0.579. The maximum atomic E-state index is 11.5. The average Bonchev–Trinajstić information content (AvgIpc) is 3.06. The van der Waals surface area contributed by atoms with Gasteiger partial charge in [0.15, 0.2) is 5.82 Å². The quantitative estimate of drug-likeness (QED) is 0.782. The monoisotopic (exact) mass is 362 g/mol. The van der Waals surface area contributed by atoms with Crippen LogP contribution in [0.2, 0.25) is 0 Å². The summed E-state index contributed by atoms with van der Waals surface area (Å²) in [5.41, 5.74) is 0.695. The van der Waals surface area contributed by atoms with E-state index in [0.717, 1.165) is 17.3 Å². The Hall–Kier alpha value is -0.990. The molecule has 100 valence electrons. The third-order valence-electron chi connectivity index (χ3n) is 2.76. The van der Waals surface area contributed by atoms with E-state index in [-0.39, 0.29) is 11.2 Å². The van der Waals surface area contributed by atoms with E-state index in [9.17, 15) is 8.42 Å². The van der Waals surface area contributed by atoms with Crippen LogP contribution in [0, 0.1) is 0 Å². The van der Waals surface area contributed by atoms with Gasteiger partial charge < -0.3 is 0 Å². The Morgan fingerprint density at radius 2 is 2.05 bits per heavy atom. The summed E-state index contributed by atoms with van der Waals surface area (Å²) in [4.78, 5) is 4.04. The summed E-state index contributed by atoms with van der Waals surface area (Å²) >= 11 is 3.32. The SMILES string of the molecule is O=S(=O)(Cl)c1nnc(-c2cncc(Br)c2)n1C1CC1. The molecule has 0 radical (unpaired) electrons. The maximum Gasteiger partial charge on any atom is 0.296 e. The number of rotatable bonds is 3. The van der Waals surface area contributed by atoms with Crippen LogP contribution in [0.3, 0.4) is 0 Å². The lowest BCUT2D eigenvalue weighted by Crippen LogP contribution is -2.06. The van der Waals surface area contributed by atoms with Gasteiger partial charge in [-0.3, -0.25) is 9.55 Å². The molecule has 0 atom stereocenters. The molecule has 0 bridgehead atoms. The average molecular weight is 364 g/mol. The first-order valence-corrected chi connectivity index (χ1v) is 8.57.